The lowest BCUT2D eigenvalue weighted by Gasteiger charge is -2.35. The highest BCUT2D eigenvalue weighted by molar-refractivity contribution is 5.85. The van der Waals surface area contributed by atoms with Crippen LogP contribution in [0.15, 0.2) is 133 Å². The van der Waals surface area contributed by atoms with Crippen LogP contribution in [-0.2, 0) is 24.4 Å². The number of hydrogen-bond donors (Lipinski definition) is 3. The standard InChI is InChI=1S/C29H30N2O3.C21H26N2O.ClH/c32-29(34-21-23-9-5-2-6-10-23)31-16-13-24(14-17-31)26-15-18-33-28-12-11-25(19-27(26)28)30-20-22-7-3-1-4-8-22;1-2-4-16(5-3-1)15-23-18-6-7-21-20(14-18)19(10-13-24-21)17-8-11-22-12-9-17;/h1-12,19,30H,13-18,20-21H2;1-7,14,17,19,22-23H,8-13,15H2;1H. The molecule has 0 spiro atoms. The number of nitrogens with zero attached hydrogens (tertiary/aromatic N) is 1. The molecule has 0 radical (unpaired) electrons. The van der Waals surface area contributed by atoms with E-state index in [-0.39, 0.29) is 18.5 Å². The first-order valence-electron chi connectivity index (χ1n) is 21.1. The van der Waals surface area contributed by atoms with Crippen molar-refractivity contribution >= 4 is 35.4 Å². The van der Waals surface area contributed by atoms with E-state index in [1.807, 2.05) is 41.3 Å². The van der Waals surface area contributed by atoms with E-state index in [0.717, 1.165) is 87.1 Å². The van der Waals surface area contributed by atoms with Crippen LogP contribution in [0, 0.1) is 5.92 Å². The van der Waals surface area contributed by atoms with Crippen LogP contribution >= 0.6 is 12.4 Å². The van der Waals surface area contributed by atoms with E-state index in [9.17, 15) is 4.79 Å². The van der Waals surface area contributed by atoms with E-state index < -0.39 is 0 Å². The van der Waals surface area contributed by atoms with Gasteiger partial charge in [-0.1, -0.05) is 96.6 Å². The number of carbonyl (C=O) groups is 1. The normalized spacial score (nSPS) is 17.4. The summed E-state index contributed by atoms with van der Waals surface area (Å²) in [5.41, 5.74) is 11.2. The molecule has 0 bridgehead atoms. The summed E-state index contributed by atoms with van der Waals surface area (Å²) in [6.07, 6.45) is 6.14. The van der Waals surface area contributed by atoms with E-state index in [1.54, 1.807) is 0 Å². The van der Waals surface area contributed by atoms with Crippen LogP contribution in [0.4, 0.5) is 16.2 Å². The lowest BCUT2D eigenvalue weighted by Crippen LogP contribution is -2.37. The van der Waals surface area contributed by atoms with E-state index >= 15 is 0 Å². The number of hydrogen-bond acceptors (Lipinski definition) is 7. The minimum absolute atomic E-state index is 0. The summed E-state index contributed by atoms with van der Waals surface area (Å²) in [5.74, 6) is 3.48. The Bertz CT molecular complexity index is 2120. The third-order valence-electron chi connectivity index (χ3n) is 11.9. The summed E-state index contributed by atoms with van der Waals surface area (Å²) in [4.78, 5) is 14.4. The van der Waals surface area contributed by atoms with E-state index in [1.165, 1.54) is 51.9 Å². The van der Waals surface area contributed by atoms with E-state index in [4.69, 9.17) is 14.2 Å². The van der Waals surface area contributed by atoms with Gasteiger partial charge in [0.2, 0.25) is 0 Å². The van der Waals surface area contributed by atoms with Crippen LogP contribution in [0.25, 0.3) is 5.57 Å². The number of likely N-dealkylation sites (tertiary alicyclic amines) is 1. The summed E-state index contributed by atoms with van der Waals surface area (Å²) in [7, 11) is 0. The van der Waals surface area contributed by atoms with Crippen molar-refractivity contribution in [1.29, 1.82) is 0 Å². The van der Waals surface area contributed by atoms with E-state index in [2.05, 4.69) is 107 Å². The van der Waals surface area contributed by atoms with Gasteiger partial charge < -0.3 is 35.1 Å². The number of halogens is 1. The largest absolute Gasteiger partial charge is 0.493 e. The van der Waals surface area contributed by atoms with Gasteiger partial charge in [0.1, 0.15) is 18.1 Å². The molecule has 9 rings (SSSR count). The molecule has 0 saturated carbocycles. The van der Waals surface area contributed by atoms with Gasteiger partial charge in [-0.3, -0.25) is 0 Å². The maximum Gasteiger partial charge on any atom is 0.410 e. The van der Waals surface area contributed by atoms with Crippen molar-refractivity contribution in [2.24, 2.45) is 5.92 Å². The molecule has 59 heavy (non-hydrogen) atoms. The number of ether oxygens (including phenoxy) is 3. The molecule has 1 atom stereocenters. The van der Waals surface area contributed by atoms with Gasteiger partial charge in [0.05, 0.1) is 13.2 Å². The van der Waals surface area contributed by atoms with Gasteiger partial charge in [-0.15, -0.1) is 12.4 Å². The Morgan fingerprint density at radius 3 is 1.88 bits per heavy atom. The van der Waals surface area contributed by atoms with Gasteiger partial charge in [0, 0.05) is 49.5 Å². The number of carbonyl (C=O) groups excluding carboxylic acids is 1. The van der Waals surface area contributed by atoms with Crippen LogP contribution in [0.1, 0.15) is 72.3 Å². The number of anilines is 2. The molecule has 9 heteroatoms. The van der Waals surface area contributed by atoms with Gasteiger partial charge >= 0.3 is 6.09 Å². The molecule has 8 nitrogen and oxygen atoms in total. The van der Waals surface area contributed by atoms with Gasteiger partial charge in [0.25, 0.3) is 0 Å². The molecule has 5 aromatic rings. The molecule has 3 N–H and O–H groups in total. The van der Waals surface area contributed by atoms with Gasteiger partial charge in [-0.25, -0.2) is 4.79 Å². The average Bonchev–Trinajstić information content (AvgIpc) is 3.30. The second-order valence-corrected chi connectivity index (χ2v) is 15.7. The Hall–Kier alpha value is -5.44. The first-order valence-corrected chi connectivity index (χ1v) is 21.1. The average molecular weight is 813 g/mol. The Morgan fingerprint density at radius 1 is 0.661 bits per heavy atom. The summed E-state index contributed by atoms with van der Waals surface area (Å²) in [5, 5.41) is 10.6. The van der Waals surface area contributed by atoms with Crippen molar-refractivity contribution in [3.8, 4) is 11.5 Å². The molecular weight excluding hydrogens is 756 g/mol. The van der Waals surface area contributed by atoms with Crippen LogP contribution in [0.5, 0.6) is 11.5 Å². The van der Waals surface area contributed by atoms with Crippen LogP contribution in [-0.4, -0.2) is 50.4 Å². The van der Waals surface area contributed by atoms with Gasteiger partial charge in [-0.05, 0) is 121 Å². The zero-order chi connectivity index (χ0) is 39.4. The zero-order valence-corrected chi connectivity index (χ0v) is 34.7. The predicted molar refractivity (Wildman–Crippen MR) is 241 cm³/mol. The zero-order valence-electron chi connectivity index (χ0n) is 33.9. The first kappa shape index (κ1) is 41.7. The fourth-order valence-electron chi connectivity index (χ4n) is 8.71. The molecule has 1 unspecified atom stereocenters. The Balaban J connectivity index is 0.000000186. The predicted octanol–water partition coefficient (Wildman–Crippen LogP) is 10.9. The van der Waals surface area contributed by atoms with Crippen molar-refractivity contribution in [3.63, 3.8) is 0 Å². The third-order valence-corrected chi connectivity index (χ3v) is 11.9. The lowest BCUT2D eigenvalue weighted by atomic mass is 9.77. The van der Waals surface area contributed by atoms with Crippen LogP contribution in [0.3, 0.4) is 0 Å². The third kappa shape index (κ3) is 11.2. The summed E-state index contributed by atoms with van der Waals surface area (Å²) >= 11 is 0. The maximum absolute atomic E-state index is 12.5. The molecule has 4 heterocycles. The number of piperidine rings is 2. The Morgan fingerprint density at radius 2 is 1.24 bits per heavy atom. The number of fused-ring (bicyclic) bond motifs is 2. The molecule has 308 valence electrons. The fraction of sp³-hybridized carbons (Fsp3) is 0.340. The quantitative estimate of drug-likeness (QED) is 0.137. The monoisotopic (exact) mass is 812 g/mol. The smallest absolute Gasteiger partial charge is 0.410 e. The van der Waals surface area contributed by atoms with Crippen molar-refractivity contribution < 1.29 is 19.0 Å². The Kier molecular flexibility index (Phi) is 14.8. The van der Waals surface area contributed by atoms with E-state index in [0.29, 0.717) is 32.2 Å². The highest BCUT2D eigenvalue weighted by Crippen LogP contribution is 2.43. The number of rotatable bonds is 9. The minimum Gasteiger partial charge on any atom is -0.493 e. The SMILES string of the molecule is Cl.O=C(OCc1ccccc1)N1CCC(=C2CCOc3ccc(NCc4ccccc4)cc32)CC1.c1ccc(CNc2ccc3c(c2)C(C2CCNCC2)CCO3)cc1. The number of benzene rings is 5. The van der Waals surface area contributed by atoms with Crippen LogP contribution in [0.2, 0.25) is 0 Å². The highest BCUT2D eigenvalue weighted by Gasteiger charge is 2.30. The molecule has 0 aliphatic carbocycles. The van der Waals surface area contributed by atoms with Crippen molar-refractivity contribution in [2.75, 3.05) is 50.0 Å². The Labute approximate surface area is 355 Å². The van der Waals surface area contributed by atoms with Crippen molar-refractivity contribution in [3.05, 3.63) is 161 Å². The molecule has 4 aliphatic rings. The molecular formula is C50H57ClN4O4. The van der Waals surface area contributed by atoms with Gasteiger partial charge in [-0.2, -0.15) is 0 Å². The second-order valence-electron chi connectivity index (χ2n) is 15.7. The lowest BCUT2D eigenvalue weighted by molar-refractivity contribution is 0.0935. The molecule has 0 aromatic heterocycles. The summed E-state index contributed by atoms with van der Waals surface area (Å²) in [6, 6.07) is 43.7. The topological polar surface area (TPSA) is 84.1 Å². The van der Waals surface area contributed by atoms with Crippen molar-refractivity contribution in [1.82, 2.24) is 10.2 Å². The second kappa shape index (κ2) is 21.0. The minimum atomic E-state index is -0.229. The number of amides is 1. The van der Waals surface area contributed by atoms with Crippen LogP contribution < -0.4 is 25.4 Å². The molecule has 5 aromatic carbocycles. The number of nitrogens with one attached hydrogen (secondary N) is 3. The summed E-state index contributed by atoms with van der Waals surface area (Å²) in [6.45, 7) is 7.21. The molecule has 2 saturated heterocycles. The highest BCUT2D eigenvalue weighted by atomic mass is 35.5. The molecule has 2 fully saturated rings. The molecule has 1 amide bonds. The molecule has 4 aliphatic heterocycles. The fourth-order valence-corrected chi connectivity index (χ4v) is 8.71. The van der Waals surface area contributed by atoms with Crippen molar-refractivity contribution in [2.45, 2.75) is 64.1 Å². The maximum atomic E-state index is 12.5. The summed E-state index contributed by atoms with van der Waals surface area (Å²) < 4.78 is 17.4. The first-order chi connectivity index (χ1) is 28.7. The van der Waals surface area contributed by atoms with Gasteiger partial charge in [0.15, 0.2) is 0 Å².